The van der Waals surface area contributed by atoms with E-state index >= 15 is 0 Å². The first kappa shape index (κ1) is 13.4. The van der Waals surface area contributed by atoms with Crippen molar-refractivity contribution in [1.82, 2.24) is 9.80 Å². The Morgan fingerprint density at radius 2 is 1.72 bits per heavy atom. The van der Waals surface area contributed by atoms with Gasteiger partial charge in [0.15, 0.2) is 0 Å². The Bertz CT molecular complexity index is 305. The van der Waals surface area contributed by atoms with Gasteiger partial charge in [-0.25, -0.2) is 0 Å². The van der Waals surface area contributed by atoms with Crippen LogP contribution in [-0.2, 0) is 9.59 Å². The lowest BCUT2D eigenvalue weighted by Crippen LogP contribution is -2.37. The molecule has 0 aromatic carbocycles. The van der Waals surface area contributed by atoms with Crippen molar-refractivity contribution in [3.8, 4) is 0 Å². The van der Waals surface area contributed by atoms with Crippen LogP contribution in [0.3, 0.4) is 0 Å². The molecule has 0 N–H and O–H groups in total. The molecule has 0 aromatic rings. The highest BCUT2D eigenvalue weighted by molar-refractivity contribution is 5.78. The zero-order valence-corrected chi connectivity index (χ0v) is 11.4. The number of hydrogen-bond acceptors (Lipinski definition) is 2. The molecular formula is C14H24N2O2. The molecule has 2 amide bonds. The predicted molar refractivity (Wildman–Crippen MR) is 70.1 cm³/mol. The molecule has 2 aliphatic rings. The summed E-state index contributed by atoms with van der Waals surface area (Å²) in [6, 6.07) is 0.416. The number of carbonyl (C=O) groups is 2. The quantitative estimate of drug-likeness (QED) is 0.765. The number of rotatable bonds is 4. The lowest BCUT2D eigenvalue weighted by atomic mass is 10.2. The van der Waals surface area contributed by atoms with Crippen LogP contribution in [0.25, 0.3) is 0 Å². The highest BCUT2D eigenvalue weighted by Crippen LogP contribution is 2.27. The van der Waals surface area contributed by atoms with Crippen LogP contribution >= 0.6 is 0 Å². The maximum absolute atomic E-state index is 12.1. The number of hydrogen-bond donors (Lipinski definition) is 0. The van der Waals surface area contributed by atoms with Crippen LogP contribution in [0, 0.1) is 0 Å². The molecule has 0 aromatic heterocycles. The second-order valence-electron chi connectivity index (χ2n) is 5.49. The third-order valence-electron chi connectivity index (χ3n) is 3.92. The molecule has 1 heterocycles. The first-order chi connectivity index (χ1) is 8.68. The molecule has 0 bridgehead atoms. The van der Waals surface area contributed by atoms with E-state index in [2.05, 4.69) is 0 Å². The molecule has 4 nitrogen and oxygen atoms in total. The minimum absolute atomic E-state index is 0.112. The van der Waals surface area contributed by atoms with Crippen LogP contribution in [0.1, 0.15) is 51.9 Å². The van der Waals surface area contributed by atoms with Gasteiger partial charge in [0.2, 0.25) is 11.8 Å². The Morgan fingerprint density at radius 1 is 1.11 bits per heavy atom. The van der Waals surface area contributed by atoms with E-state index in [0.29, 0.717) is 19.0 Å². The van der Waals surface area contributed by atoms with Crippen molar-refractivity contribution in [3.63, 3.8) is 0 Å². The van der Waals surface area contributed by atoms with Crippen molar-refractivity contribution in [3.05, 3.63) is 0 Å². The van der Waals surface area contributed by atoms with Crippen molar-refractivity contribution in [2.75, 3.05) is 19.6 Å². The summed E-state index contributed by atoms with van der Waals surface area (Å²) in [6.45, 7) is 4.02. The van der Waals surface area contributed by atoms with Crippen molar-refractivity contribution in [1.29, 1.82) is 0 Å². The van der Waals surface area contributed by atoms with Gasteiger partial charge >= 0.3 is 0 Å². The molecule has 0 atom stereocenters. The highest BCUT2D eigenvalue weighted by atomic mass is 16.2. The molecule has 102 valence electrons. The van der Waals surface area contributed by atoms with E-state index in [1.165, 1.54) is 12.8 Å². The van der Waals surface area contributed by atoms with Crippen LogP contribution in [0.2, 0.25) is 0 Å². The van der Waals surface area contributed by atoms with Crippen LogP contribution in [0.15, 0.2) is 0 Å². The van der Waals surface area contributed by atoms with Gasteiger partial charge in [-0.1, -0.05) is 12.8 Å². The summed E-state index contributed by atoms with van der Waals surface area (Å²) in [5.74, 6) is 0.338. The maximum Gasteiger partial charge on any atom is 0.224 e. The topological polar surface area (TPSA) is 40.6 Å². The molecule has 0 spiro atoms. The number of likely N-dealkylation sites (tertiary alicyclic amines) is 1. The number of nitrogens with zero attached hydrogens (tertiary/aromatic N) is 2. The van der Waals surface area contributed by atoms with Crippen molar-refractivity contribution < 1.29 is 9.59 Å². The fourth-order valence-corrected chi connectivity index (χ4v) is 2.68. The van der Waals surface area contributed by atoms with Crippen molar-refractivity contribution >= 4 is 11.8 Å². The Balaban J connectivity index is 1.77. The predicted octanol–water partition coefficient (Wildman–Crippen LogP) is 1.79. The van der Waals surface area contributed by atoms with Gasteiger partial charge in [-0.2, -0.15) is 0 Å². The molecule has 1 aliphatic carbocycles. The van der Waals surface area contributed by atoms with Gasteiger partial charge in [0.1, 0.15) is 0 Å². The standard InChI is InChI=1S/C14H24N2O2/c1-12(17)16(13-6-7-13)11-8-14(18)15-9-4-2-3-5-10-15/h13H,2-11H2,1H3. The van der Waals surface area contributed by atoms with Gasteiger partial charge < -0.3 is 9.80 Å². The lowest BCUT2D eigenvalue weighted by Gasteiger charge is -2.24. The second-order valence-corrected chi connectivity index (χ2v) is 5.49. The van der Waals surface area contributed by atoms with E-state index in [0.717, 1.165) is 38.8 Å². The van der Waals surface area contributed by atoms with Gasteiger partial charge in [-0.3, -0.25) is 9.59 Å². The summed E-state index contributed by atoms with van der Waals surface area (Å²) >= 11 is 0. The Morgan fingerprint density at radius 3 is 2.22 bits per heavy atom. The first-order valence-corrected chi connectivity index (χ1v) is 7.23. The Kier molecular flexibility index (Phi) is 4.61. The minimum atomic E-state index is 0.112. The summed E-state index contributed by atoms with van der Waals surface area (Å²) in [5.41, 5.74) is 0. The molecule has 4 heteroatoms. The summed E-state index contributed by atoms with van der Waals surface area (Å²) in [5, 5.41) is 0. The van der Waals surface area contributed by atoms with E-state index in [4.69, 9.17) is 0 Å². The summed E-state index contributed by atoms with van der Waals surface area (Å²) in [7, 11) is 0. The summed E-state index contributed by atoms with van der Waals surface area (Å²) in [4.78, 5) is 27.4. The zero-order chi connectivity index (χ0) is 13.0. The van der Waals surface area contributed by atoms with E-state index in [1.807, 2.05) is 9.80 Å². The molecule has 1 saturated heterocycles. The Hall–Kier alpha value is -1.06. The SMILES string of the molecule is CC(=O)N(CCC(=O)N1CCCCCC1)C1CC1. The fraction of sp³-hybridized carbons (Fsp3) is 0.857. The smallest absolute Gasteiger partial charge is 0.224 e. The third kappa shape index (κ3) is 3.72. The molecular weight excluding hydrogens is 228 g/mol. The Labute approximate surface area is 109 Å². The minimum Gasteiger partial charge on any atom is -0.343 e. The summed E-state index contributed by atoms with van der Waals surface area (Å²) in [6.07, 6.45) is 7.46. The molecule has 2 rings (SSSR count). The van der Waals surface area contributed by atoms with Gasteiger partial charge in [0.25, 0.3) is 0 Å². The maximum atomic E-state index is 12.1. The molecule has 0 unspecified atom stereocenters. The van der Waals surface area contributed by atoms with Crippen LogP contribution in [-0.4, -0.2) is 47.3 Å². The average molecular weight is 252 g/mol. The average Bonchev–Trinajstić information content (AvgIpc) is 3.15. The molecule has 0 radical (unpaired) electrons. The van der Waals surface area contributed by atoms with E-state index in [-0.39, 0.29) is 11.8 Å². The number of carbonyl (C=O) groups excluding carboxylic acids is 2. The molecule has 1 aliphatic heterocycles. The zero-order valence-electron chi connectivity index (χ0n) is 11.4. The third-order valence-corrected chi connectivity index (χ3v) is 3.92. The van der Waals surface area contributed by atoms with Crippen molar-refractivity contribution in [2.24, 2.45) is 0 Å². The normalized spacial score (nSPS) is 20.4. The van der Waals surface area contributed by atoms with Gasteiger partial charge in [0, 0.05) is 39.0 Å². The van der Waals surface area contributed by atoms with E-state index < -0.39 is 0 Å². The van der Waals surface area contributed by atoms with Crippen molar-refractivity contribution in [2.45, 2.75) is 57.9 Å². The van der Waals surface area contributed by atoms with Gasteiger partial charge in [0.05, 0.1) is 0 Å². The van der Waals surface area contributed by atoms with Crippen LogP contribution < -0.4 is 0 Å². The molecule has 1 saturated carbocycles. The largest absolute Gasteiger partial charge is 0.343 e. The van der Waals surface area contributed by atoms with E-state index in [1.54, 1.807) is 6.92 Å². The molecule has 18 heavy (non-hydrogen) atoms. The summed E-state index contributed by atoms with van der Waals surface area (Å²) < 4.78 is 0. The number of amides is 2. The lowest BCUT2D eigenvalue weighted by molar-refractivity contribution is -0.133. The monoisotopic (exact) mass is 252 g/mol. The first-order valence-electron chi connectivity index (χ1n) is 7.23. The second kappa shape index (κ2) is 6.21. The van der Waals surface area contributed by atoms with Crippen LogP contribution in [0.5, 0.6) is 0 Å². The fourth-order valence-electron chi connectivity index (χ4n) is 2.68. The van der Waals surface area contributed by atoms with Crippen LogP contribution in [0.4, 0.5) is 0 Å². The van der Waals surface area contributed by atoms with E-state index in [9.17, 15) is 9.59 Å². The van der Waals surface area contributed by atoms with Gasteiger partial charge in [-0.05, 0) is 25.7 Å². The highest BCUT2D eigenvalue weighted by Gasteiger charge is 2.31. The van der Waals surface area contributed by atoms with Gasteiger partial charge in [-0.15, -0.1) is 0 Å². The molecule has 2 fully saturated rings.